The largest absolute Gasteiger partial charge is 0.484 e. The van der Waals surface area contributed by atoms with Gasteiger partial charge in [0.1, 0.15) is 5.75 Å². The summed E-state index contributed by atoms with van der Waals surface area (Å²) in [6, 6.07) is 6.25. The third kappa shape index (κ3) is 3.67. The SMILES string of the molecule is CC(C)n1c(CNC(=O)COc2ccc3c(c2)CCC3)n[nH]c1=S. The summed E-state index contributed by atoms with van der Waals surface area (Å²) in [6.45, 7) is 4.35. The lowest BCUT2D eigenvalue weighted by atomic mass is 10.1. The number of hydrogen-bond acceptors (Lipinski definition) is 4. The van der Waals surface area contributed by atoms with Crippen molar-refractivity contribution in [3.63, 3.8) is 0 Å². The van der Waals surface area contributed by atoms with Crippen molar-refractivity contribution in [3.8, 4) is 5.75 Å². The second-order valence-corrected chi connectivity index (χ2v) is 6.64. The maximum absolute atomic E-state index is 12.0. The summed E-state index contributed by atoms with van der Waals surface area (Å²) < 4.78 is 8.04. The van der Waals surface area contributed by atoms with E-state index in [1.54, 1.807) is 0 Å². The highest BCUT2D eigenvalue weighted by molar-refractivity contribution is 7.71. The van der Waals surface area contributed by atoms with Gasteiger partial charge in [0, 0.05) is 6.04 Å². The van der Waals surface area contributed by atoms with Crippen LogP contribution in [0.4, 0.5) is 0 Å². The maximum atomic E-state index is 12.0. The Balaban J connectivity index is 1.52. The first-order chi connectivity index (χ1) is 11.5. The van der Waals surface area contributed by atoms with Gasteiger partial charge >= 0.3 is 0 Å². The molecule has 24 heavy (non-hydrogen) atoms. The van der Waals surface area contributed by atoms with Gasteiger partial charge in [-0.15, -0.1) is 0 Å². The monoisotopic (exact) mass is 346 g/mol. The van der Waals surface area contributed by atoms with Crippen LogP contribution in [-0.2, 0) is 24.2 Å². The summed E-state index contributed by atoms with van der Waals surface area (Å²) in [4.78, 5) is 12.0. The van der Waals surface area contributed by atoms with Crippen LogP contribution < -0.4 is 10.1 Å². The zero-order valence-electron chi connectivity index (χ0n) is 14.0. The zero-order valence-corrected chi connectivity index (χ0v) is 14.8. The van der Waals surface area contributed by atoms with E-state index >= 15 is 0 Å². The summed E-state index contributed by atoms with van der Waals surface area (Å²) in [6.07, 6.45) is 3.43. The highest BCUT2D eigenvalue weighted by atomic mass is 32.1. The first-order valence-electron chi connectivity index (χ1n) is 8.21. The molecule has 0 aliphatic heterocycles. The zero-order chi connectivity index (χ0) is 17.1. The predicted octanol–water partition coefficient (Wildman–Crippen LogP) is 2.71. The number of ether oxygens (including phenoxy) is 1. The quantitative estimate of drug-likeness (QED) is 0.789. The Morgan fingerprint density at radius 3 is 3.00 bits per heavy atom. The van der Waals surface area contributed by atoms with Gasteiger partial charge in [0.25, 0.3) is 5.91 Å². The second kappa shape index (κ2) is 7.17. The molecule has 1 amide bonds. The predicted molar refractivity (Wildman–Crippen MR) is 93.6 cm³/mol. The number of H-pyrrole nitrogens is 1. The number of hydrogen-bond donors (Lipinski definition) is 2. The summed E-state index contributed by atoms with van der Waals surface area (Å²) in [5.41, 5.74) is 2.73. The molecule has 1 aromatic carbocycles. The highest BCUT2D eigenvalue weighted by Crippen LogP contribution is 2.25. The van der Waals surface area contributed by atoms with E-state index in [1.165, 1.54) is 17.5 Å². The van der Waals surface area contributed by atoms with Gasteiger partial charge in [-0.1, -0.05) is 6.07 Å². The highest BCUT2D eigenvalue weighted by Gasteiger charge is 2.13. The second-order valence-electron chi connectivity index (χ2n) is 6.26. The Bertz CT molecular complexity index is 794. The van der Waals surface area contributed by atoms with Gasteiger partial charge in [0.2, 0.25) is 0 Å². The standard InChI is InChI=1S/C17H22N4O2S/c1-11(2)21-15(19-20-17(21)24)9-18-16(22)10-23-14-7-6-12-4-3-5-13(12)8-14/h6-8,11H,3-5,9-10H2,1-2H3,(H,18,22)(H,20,24). The summed E-state index contributed by atoms with van der Waals surface area (Å²) in [5, 5.41) is 9.73. The minimum atomic E-state index is -0.181. The van der Waals surface area contributed by atoms with Crippen molar-refractivity contribution in [3.05, 3.63) is 39.9 Å². The van der Waals surface area contributed by atoms with Crippen LogP contribution >= 0.6 is 12.2 Å². The Morgan fingerprint density at radius 1 is 1.42 bits per heavy atom. The minimum Gasteiger partial charge on any atom is -0.484 e. The molecule has 0 radical (unpaired) electrons. The first kappa shape index (κ1) is 16.7. The van der Waals surface area contributed by atoms with Crippen LogP contribution in [0.5, 0.6) is 5.75 Å². The van der Waals surface area contributed by atoms with Crippen LogP contribution in [0.1, 0.15) is 43.3 Å². The Hall–Kier alpha value is -2.15. The van der Waals surface area contributed by atoms with Crippen LogP contribution in [0.25, 0.3) is 0 Å². The molecule has 0 bridgehead atoms. The van der Waals surface area contributed by atoms with E-state index in [2.05, 4.69) is 21.6 Å². The molecule has 2 N–H and O–H groups in total. The van der Waals surface area contributed by atoms with Gasteiger partial charge in [-0.25, -0.2) is 0 Å². The molecule has 0 spiro atoms. The molecule has 0 fully saturated rings. The van der Waals surface area contributed by atoms with E-state index in [-0.39, 0.29) is 18.6 Å². The molecule has 7 heteroatoms. The Kier molecular flexibility index (Phi) is 4.99. The average Bonchev–Trinajstić information content (AvgIpc) is 3.16. The number of aromatic amines is 1. The Morgan fingerprint density at radius 2 is 2.21 bits per heavy atom. The van der Waals surface area contributed by atoms with Crippen LogP contribution in [0.2, 0.25) is 0 Å². The molecule has 0 saturated carbocycles. The van der Waals surface area contributed by atoms with Crippen molar-refractivity contribution >= 4 is 18.1 Å². The number of fused-ring (bicyclic) bond motifs is 1. The van der Waals surface area contributed by atoms with Crippen LogP contribution in [0.3, 0.4) is 0 Å². The first-order valence-corrected chi connectivity index (χ1v) is 8.62. The number of benzene rings is 1. The lowest BCUT2D eigenvalue weighted by Gasteiger charge is -2.11. The molecule has 6 nitrogen and oxygen atoms in total. The Labute approximate surface area is 146 Å². The van der Waals surface area contributed by atoms with Gasteiger partial charge in [-0.05, 0) is 68.6 Å². The minimum absolute atomic E-state index is 0.00831. The van der Waals surface area contributed by atoms with E-state index in [1.807, 2.05) is 30.5 Å². The summed E-state index contributed by atoms with van der Waals surface area (Å²) >= 11 is 5.19. The lowest BCUT2D eigenvalue weighted by Crippen LogP contribution is -2.29. The number of nitrogens with zero attached hydrogens (tertiary/aromatic N) is 2. The molecular weight excluding hydrogens is 324 g/mol. The van der Waals surface area contributed by atoms with Gasteiger partial charge in [0.15, 0.2) is 17.2 Å². The van der Waals surface area contributed by atoms with Crippen molar-refractivity contribution in [2.24, 2.45) is 0 Å². The molecule has 1 aromatic heterocycles. The number of rotatable bonds is 6. The molecule has 1 aliphatic carbocycles. The molecule has 0 unspecified atom stereocenters. The molecule has 1 heterocycles. The molecular formula is C17H22N4O2S. The lowest BCUT2D eigenvalue weighted by molar-refractivity contribution is -0.123. The van der Waals surface area contributed by atoms with Crippen molar-refractivity contribution in [1.29, 1.82) is 0 Å². The number of aryl methyl sites for hydroxylation is 2. The molecule has 0 saturated heterocycles. The molecule has 128 valence electrons. The fraction of sp³-hybridized carbons (Fsp3) is 0.471. The van der Waals surface area contributed by atoms with Gasteiger partial charge in [0.05, 0.1) is 6.54 Å². The van der Waals surface area contributed by atoms with E-state index in [4.69, 9.17) is 17.0 Å². The van der Waals surface area contributed by atoms with Crippen molar-refractivity contribution < 1.29 is 9.53 Å². The smallest absolute Gasteiger partial charge is 0.258 e. The van der Waals surface area contributed by atoms with E-state index in [0.717, 1.165) is 18.6 Å². The third-order valence-electron chi connectivity index (χ3n) is 4.18. The number of amides is 1. The number of carbonyl (C=O) groups excluding carboxylic acids is 1. The van der Waals surface area contributed by atoms with Crippen LogP contribution in [0, 0.1) is 4.77 Å². The fourth-order valence-electron chi connectivity index (χ4n) is 3.01. The normalized spacial score (nSPS) is 13.1. The van der Waals surface area contributed by atoms with Crippen molar-refractivity contribution in [2.75, 3.05) is 6.61 Å². The topological polar surface area (TPSA) is 71.9 Å². The molecule has 1 aliphatic rings. The van der Waals surface area contributed by atoms with Gasteiger partial charge in [-0.3, -0.25) is 9.89 Å². The van der Waals surface area contributed by atoms with E-state index < -0.39 is 0 Å². The number of carbonyl (C=O) groups is 1. The van der Waals surface area contributed by atoms with Gasteiger partial charge in [-0.2, -0.15) is 5.10 Å². The van der Waals surface area contributed by atoms with E-state index in [9.17, 15) is 4.79 Å². The number of aromatic nitrogens is 3. The van der Waals surface area contributed by atoms with Gasteiger partial charge < -0.3 is 14.6 Å². The summed E-state index contributed by atoms with van der Waals surface area (Å²) in [5.74, 6) is 1.27. The molecule has 0 atom stereocenters. The van der Waals surface area contributed by atoms with E-state index in [0.29, 0.717) is 17.1 Å². The third-order valence-corrected chi connectivity index (χ3v) is 4.47. The van der Waals surface area contributed by atoms with Crippen molar-refractivity contribution in [1.82, 2.24) is 20.1 Å². The van der Waals surface area contributed by atoms with Crippen molar-refractivity contribution in [2.45, 2.75) is 45.7 Å². The molecule has 3 rings (SSSR count). The number of nitrogens with one attached hydrogen (secondary N) is 2. The van der Waals surface area contributed by atoms with Crippen LogP contribution in [-0.4, -0.2) is 27.3 Å². The summed E-state index contributed by atoms with van der Waals surface area (Å²) in [7, 11) is 0. The maximum Gasteiger partial charge on any atom is 0.258 e. The molecule has 2 aromatic rings. The fourth-order valence-corrected chi connectivity index (χ4v) is 3.37. The van der Waals surface area contributed by atoms with Crippen LogP contribution in [0.15, 0.2) is 18.2 Å². The average molecular weight is 346 g/mol.